The molecule has 4 N–H and O–H groups in total. The molecule has 1 aromatic rings. The van der Waals surface area contributed by atoms with E-state index in [1.165, 1.54) is 6.07 Å². The Hall–Kier alpha value is -1.22. The highest BCUT2D eigenvalue weighted by Crippen LogP contribution is 2.29. The van der Waals surface area contributed by atoms with Gasteiger partial charge < -0.3 is 15.9 Å². The molecule has 0 amide bonds. The summed E-state index contributed by atoms with van der Waals surface area (Å²) in [6.45, 7) is 2.60. The van der Waals surface area contributed by atoms with Crippen LogP contribution in [0.2, 0.25) is 0 Å². The van der Waals surface area contributed by atoms with E-state index in [-0.39, 0.29) is 17.4 Å². The molecule has 0 saturated carbocycles. The first-order valence-corrected chi connectivity index (χ1v) is 4.41. The molecule has 1 aromatic carbocycles. The highest BCUT2D eigenvalue weighted by molar-refractivity contribution is 5.41. The predicted octanol–water partition coefficient (Wildman–Crippen LogP) is 1.55. The second kappa shape index (κ2) is 4.14. The highest BCUT2D eigenvalue weighted by Gasteiger charge is 2.09. The fraction of sp³-hybridized carbons (Fsp3) is 0.400. The number of benzene rings is 1. The van der Waals surface area contributed by atoms with Crippen molar-refractivity contribution in [3.05, 3.63) is 23.8 Å². The highest BCUT2D eigenvalue weighted by atomic mass is 16.3. The molecule has 0 aliphatic heterocycles. The fourth-order valence-electron chi connectivity index (χ4n) is 1.33. The Bertz CT molecular complexity index is 282. The minimum atomic E-state index is -0.0874. The summed E-state index contributed by atoms with van der Waals surface area (Å²) >= 11 is 0. The third-order valence-corrected chi connectivity index (χ3v) is 2.25. The smallest absolute Gasteiger partial charge is 0.157 e. The normalized spacial score (nSPS) is 12.8. The number of phenolic OH excluding ortho intramolecular Hbond substituents is 2. The molecule has 0 aromatic heterocycles. The first-order valence-electron chi connectivity index (χ1n) is 4.41. The van der Waals surface area contributed by atoms with Gasteiger partial charge in [-0.3, -0.25) is 0 Å². The van der Waals surface area contributed by atoms with Gasteiger partial charge in [0.05, 0.1) is 0 Å². The zero-order chi connectivity index (χ0) is 9.84. The van der Waals surface area contributed by atoms with Gasteiger partial charge in [-0.15, -0.1) is 0 Å². The van der Waals surface area contributed by atoms with E-state index in [2.05, 4.69) is 0 Å². The van der Waals surface area contributed by atoms with Crippen molar-refractivity contribution in [3.63, 3.8) is 0 Å². The largest absolute Gasteiger partial charge is 0.504 e. The van der Waals surface area contributed by atoms with E-state index in [0.717, 1.165) is 12.0 Å². The second-order valence-electron chi connectivity index (χ2n) is 3.09. The van der Waals surface area contributed by atoms with Gasteiger partial charge in [-0.05, 0) is 36.6 Å². The van der Waals surface area contributed by atoms with Crippen LogP contribution in [0.5, 0.6) is 11.5 Å². The van der Waals surface area contributed by atoms with Crippen LogP contribution < -0.4 is 5.73 Å². The number of rotatable bonds is 3. The summed E-state index contributed by atoms with van der Waals surface area (Å²) < 4.78 is 0. The van der Waals surface area contributed by atoms with E-state index in [4.69, 9.17) is 10.8 Å². The fourth-order valence-corrected chi connectivity index (χ4v) is 1.33. The molecule has 0 aliphatic rings. The van der Waals surface area contributed by atoms with Gasteiger partial charge in [0, 0.05) is 0 Å². The molecule has 0 bridgehead atoms. The molecule has 72 valence electrons. The maximum atomic E-state index is 9.25. The number of phenols is 2. The summed E-state index contributed by atoms with van der Waals surface area (Å²) in [6, 6.07) is 4.84. The van der Waals surface area contributed by atoms with Gasteiger partial charge in [0.15, 0.2) is 11.5 Å². The molecule has 0 saturated heterocycles. The first-order chi connectivity index (χ1) is 6.19. The minimum absolute atomic E-state index is 0.0793. The van der Waals surface area contributed by atoms with Crippen LogP contribution in [0.3, 0.4) is 0 Å². The molecule has 1 atom stereocenters. The molecule has 3 heteroatoms. The Morgan fingerprint density at radius 3 is 2.46 bits per heavy atom. The van der Waals surface area contributed by atoms with E-state index in [1.807, 2.05) is 6.92 Å². The Labute approximate surface area is 77.8 Å². The lowest BCUT2D eigenvalue weighted by Gasteiger charge is -2.12. The molecule has 13 heavy (non-hydrogen) atoms. The van der Waals surface area contributed by atoms with Crippen LogP contribution in [-0.2, 0) is 0 Å². The molecular formula is C10H15NO2. The Kier molecular flexibility index (Phi) is 3.14. The summed E-state index contributed by atoms with van der Waals surface area (Å²) in [5.41, 5.74) is 6.53. The van der Waals surface area contributed by atoms with E-state index in [0.29, 0.717) is 6.54 Å². The monoisotopic (exact) mass is 181 g/mol. The van der Waals surface area contributed by atoms with Crippen molar-refractivity contribution in [2.24, 2.45) is 5.73 Å². The zero-order valence-electron chi connectivity index (χ0n) is 7.70. The number of hydrogen-bond acceptors (Lipinski definition) is 3. The van der Waals surface area contributed by atoms with Crippen molar-refractivity contribution in [1.82, 2.24) is 0 Å². The summed E-state index contributed by atoms with van der Waals surface area (Å²) in [7, 11) is 0. The lowest BCUT2D eigenvalue weighted by Crippen LogP contribution is -2.11. The average Bonchev–Trinajstić information content (AvgIpc) is 2.13. The molecule has 3 nitrogen and oxygen atoms in total. The Morgan fingerprint density at radius 2 is 2.00 bits per heavy atom. The predicted molar refractivity (Wildman–Crippen MR) is 51.9 cm³/mol. The van der Waals surface area contributed by atoms with Crippen molar-refractivity contribution >= 4 is 0 Å². The number of aromatic hydroxyl groups is 2. The second-order valence-corrected chi connectivity index (χ2v) is 3.09. The van der Waals surface area contributed by atoms with Crippen LogP contribution in [0.25, 0.3) is 0 Å². The van der Waals surface area contributed by atoms with Crippen LogP contribution in [0, 0.1) is 0 Å². The lowest BCUT2D eigenvalue weighted by atomic mass is 9.96. The van der Waals surface area contributed by atoms with Crippen LogP contribution in [0.15, 0.2) is 18.2 Å². The third-order valence-electron chi connectivity index (χ3n) is 2.25. The molecule has 0 aliphatic carbocycles. The van der Waals surface area contributed by atoms with Gasteiger partial charge in [-0.25, -0.2) is 0 Å². The topological polar surface area (TPSA) is 66.5 Å². The number of nitrogens with two attached hydrogens (primary N) is 1. The van der Waals surface area contributed by atoms with Gasteiger partial charge in [-0.2, -0.15) is 0 Å². The van der Waals surface area contributed by atoms with Crippen molar-refractivity contribution in [3.8, 4) is 11.5 Å². The van der Waals surface area contributed by atoms with Gasteiger partial charge in [-0.1, -0.05) is 13.0 Å². The quantitative estimate of drug-likeness (QED) is 0.620. The Balaban J connectivity index is 2.95. The van der Waals surface area contributed by atoms with Gasteiger partial charge in [0.2, 0.25) is 0 Å². The van der Waals surface area contributed by atoms with E-state index >= 15 is 0 Å². The molecule has 0 spiro atoms. The van der Waals surface area contributed by atoms with Gasteiger partial charge in [0.25, 0.3) is 0 Å². The van der Waals surface area contributed by atoms with E-state index in [1.54, 1.807) is 12.1 Å². The average molecular weight is 181 g/mol. The Morgan fingerprint density at radius 1 is 1.31 bits per heavy atom. The minimum Gasteiger partial charge on any atom is -0.504 e. The first kappa shape index (κ1) is 9.86. The van der Waals surface area contributed by atoms with Crippen molar-refractivity contribution in [2.75, 3.05) is 6.54 Å². The molecule has 0 radical (unpaired) electrons. The molecular weight excluding hydrogens is 166 g/mol. The van der Waals surface area contributed by atoms with E-state index in [9.17, 15) is 5.11 Å². The zero-order valence-corrected chi connectivity index (χ0v) is 7.70. The SMILES string of the molecule is CCC(CN)c1ccc(O)c(O)c1. The van der Waals surface area contributed by atoms with Crippen LogP contribution >= 0.6 is 0 Å². The summed E-state index contributed by atoms with van der Waals surface area (Å²) in [4.78, 5) is 0. The van der Waals surface area contributed by atoms with E-state index < -0.39 is 0 Å². The number of hydrogen-bond donors (Lipinski definition) is 3. The maximum Gasteiger partial charge on any atom is 0.157 e. The van der Waals surface area contributed by atoms with Crippen LogP contribution in [0.4, 0.5) is 0 Å². The van der Waals surface area contributed by atoms with Crippen molar-refractivity contribution in [1.29, 1.82) is 0 Å². The lowest BCUT2D eigenvalue weighted by molar-refractivity contribution is 0.402. The van der Waals surface area contributed by atoms with Gasteiger partial charge in [0.1, 0.15) is 0 Å². The molecule has 1 unspecified atom stereocenters. The third kappa shape index (κ3) is 2.12. The molecule has 0 fully saturated rings. The molecule has 0 heterocycles. The summed E-state index contributed by atoms with van der Waals surface area (Å²) in [5.74, 6) is 0.0894. The summed E-state index contributed by atoms with van der Waals surface area (Å²) in [6.07, 6.45) is 0.931. The summed E-state index contributed by atoms with van der Waals surface area (Å²) in [5, 5.41) is 18.3. The molecule has 1 rings (SSSR count). The van der Waals surface area contributed by atoms with Crippen LogP contribution in [-0.4, -0.2) is 16.8 Å². The maximum absolute atomic E-state index is 9.25. The standard InChI is InChI=1S/C10H15NO2/c1-2-7(6-11)8-3-4-9(12)10(13)5-8/h3-5,7,12-13H,2,6,11H2,1H3. The van der Waals surface area contributed by atoms with Crippen molar-refractivity contribution < 1.29 is 10.2 Å². The van der Waals surface area contributed by atoms with Gasteiger partial charge >= 0.3 is 0 Å². The van der Waals surface area contributed by atoms with Crippen LogP contribution in [0.1, 0.15) is 24.8 Å². The van der Waals surface area contributed by atoms with Crippen molar-refractivity contribution in [2.45, 2.75) is 19.3 Å².